The van der Waals surface area contributed by atoms with Crippen LogP contribution in [0.3, 0.4) is 0 Å². The Kier molecular flexibility index (Phi) is 3.92. The predicted molar refractivity (Wildman–Crippen MR) is 82.1 cm³/mol. The molecule has 0 unspecified atom stereocenters. The van der Waals surface area contributed by atoms with E-state index in [1.54, 1.807) is 0 Å². The number of ether oxygens (including phenoxy) is 1. The van der Waals surface area contributed by atoms with Crippen molar-refractivity contribution in [1.82, 2.24) is 0 Å². The van der Waals surface area contributed by atoms with Crippen LogP contribution in [0.15, 0.2) is 12.2 Å². The van der Waals surface area contributed by atoms with Gasteiger partial charge in [0, 0.05) is 30.4 Å². The molecule has 3 rings (SSSR count). The van der Waals surface area contributed by atoms with Gasteiger partial charge >= 0.3 is 5.97 Å². The summed E-state index contributed by atoms with van der Waals surface area (Å²) in [5.41, 5.74) is 0.795. The molecule has 1 aliphatic heterocycles. The summed E-state index contributed by atoms with van der Waals surface area (Å²) in [7, 11) is -3.39. The standard InChI is InChI=1S/C16H22O6S/c1-7-4-12(18)14-10(6-23(3,20)21)16(19)22-15(14)13-8(2)11(17)5-9(7)13/h8-10,12-15,18H,1,4-6H2,2-3H3/t8-,9+,10+,12+,13+,14-,15-/m1/s1. The molecule has 1 saturated heterocycles. The molecule has 0 aromatic rings. The summed E-state index contributed by atoms with van der Waals surface area (Å²) in [5.74, 6) is -2.88. The molecular formula is C16H22O6S. The van der Waals surface area contributed by atoms with E-state index in [1.807, 2.05) is 6.92 Å². The number of rotatable bonds is 2. The van der Waals surface area contributed by atoms with Crippen molar-refractivity contribution in [3.05, 3.63) is 12.2 Å². The molecule has 0 radical (unpaired) electrons. The number of carbonyl (C=O) groups excluding carboxylic acids is 2. The number of hydrogen-bond donors (Lipinski definition) is 1. The lowest BCUT2D eigenvalue weighted by Crippen LogP contribution is -2.39. The van der Waals surface area contributed by atoms with Crippen molar-refractivity contribution in [2.45, 2.75) is 32.0 Å². The van der Waals surface area contributed by atoms with E-state index in [-0.39, 0.29) is 35.7 Å². The quantitative estimate of drug-likeness (QED) is 0.574. The number of Topliss-reactive ketones (excluding diaryl/α,β-unsaturated/α-hetero) is 1. The lowest BCUT2D eigenvalue weighted by atomic mass is 9.77. The number of sulfone groups is 1. The second kappa shape index (κ2) is 5.41. The maximum Gasteiger partial charge on any atom is 0.310 e. The summed E-state index contributed by atoms with van der Waals surface area (Å²) in [6, 6.07) is 0. The van der Waals surface area contributed by atoms with Crippen LogP contribution < -0.4 is 0 Å². The van der Waals surface area contributed by atoms with E-state index in [2.05, 4.69) is 6.58 Å². The number of carbonyl (C=O) groups is 2. The van der Waals surface area contributed by atoms with Gasteiger partial charge in [0.1, 0.15) is 21.7 Å². The number of aliphatic hydroxyl groups is 1. The molecule has 0 aromatic heterocycles. The largest absolute Gasteiger partial charge is 0.461 e. The lowest BCUT2D eigenvalue weighted by molar-refractivity contribution is -0.147. The van der Waals surface area contributed by atoms with Crippen molar-refractivity contribution in [2.24, 2.45) is 29.6 Å². The number of aliphatic hydroxyl groups excluding tert-OH is 1. The first-order valence-electron chi connectivity index (χ1n) is 7.87. The lowest BCUT2D eigenvalue weighted by Gasteiger charge is -2.29. The molecule has 128 valence electrons. The van der Waals surface area contributed by atoms with Gasteiger partial charge in [-0.15, -0.1) is 0 Å². The van der Waals surface area contributed by atoms with E-state index in [4.69, 9.17) is 4.74 Å². The van der Waals surface area contributed by atoms with Crippen molar-refractivity contribution in [1.29, 1.82) is 0 Å². The Labute approximate surface area is 135 Å². The zero-order valence-corrected chi connectivity index (χ0v) is 14.1. The molecule has 0 amide bonds. The van der Waals surface area contributed by atoms with Crippen LogP contribution in [0.25, 0.3) is 0 Å². The molecule has 3 aliphatic rings. The minimum absolute atomic E-state index is 0.105. The molecule has 7 heteroatoms. The highest BCUT2D eigenvalue weighted by Crippen LogP contribution is 2.51. The highest BCUT2D eigenvalue weighted by molar-refractivity contribution is 7.90. The van der Waals surface area contributed by atoms with E-state index < -0.39 is 39.9 Å². The third kappa shape index (κ3) is 2.74. The van der Waals surface area contributed by atoms with Crippen molar-refractivity contribution in [2.75, 3.05) is 12.0 Å². The first-order chi connectivity index (χ1) is 10.6. The zero-order chi connectivity index (χ0) is 17.1. The van der Waals surface area contributed by atoms with Crippen LogP contribution in [0.2, 0.25) is 0 Å². The number of ketones is 1. The maximum atomic E-state index is 12.2. The second-order valence-corrected chi connectivity index (χ2v) is 9.44. The highest BCUT2D eigenvalue weighted by atomic mass is 32.2. The first-order valence-corrected chi connectivity index (χ1v) is 9.93. The Morgan fingerprint density at radius 3 is 2.52 bits per heavy atom. The fraction of sp³-hybridized carbons (Fsp3) is 0.750. The van der Waals surface area contributed by atoms with Gasteiger partial charge in [0.2, 0.25) is 0 Å². The molecule has 1 heterocycles. The minimum atomic E-state index is -3.39. The maximum absolute atomic E-state index is 12.2. The van der Waals surface area contributed by atoms with E-state index in [9.17, 15) is 23.1 Å². The third-order valence-electron chi connectivity index (χ3n) is 5.67. The van der Waals surface area contributed by atoms with E-state index in [0.717, 1.165) is 11.8 Å². The van der Waals surface area contributed by atoms with Gasteiger partial charge in [-0.2, -0.15) is 0 Å². The average molecular weight is 342 g/mol. The summed E-state index contributed by atoms with van der Waals surface area (Å²) in [5, 5.41) is 10.5. The van der Waals surface area contributed by atoms with Gasteiger partial charge in [-0.3, -0.25) is 9.59 Å². The van der Waals surface area contributed by atoms with Crippen LogP contribution in [0.4, 0.5) is 0 Å². The van der Waals surface area contributed by atoms with Crippen molar-refractivity contribution >= 4 is 21.6 Å². The van der Waals surface area contributed by atoms with E-state index in [1.165, 1.54) is 0 Å². The van der Waals surface area contributed by atoms with Crippen LogP contribution >= 0.6 is 0 Å². The Morgan fingerprint density at radius 1 is 1.26 bits per heavy atom. The monoisotopic (exact) mass is 342 g/mol. The SMILES string of the molecule is C=C1C[C@H](O)[C@@H]2[C@H](OC(=O)[C@H]2CS(C)(=O)=O)[C@H]2[C@H](C)C(=O)C[C@@H]12. The van der Waals surface area contributed by atoms with Crippen LogP contribution in [0.1, 0.15) is 19.8 Å². The van der Waals surface area contributed by atoms with Gasteiger partial charge in [0.25, 0.3) is 0 Å². The molecule has 2 aliphatic carbocycles. The van der Waals surface area contributed by atoms with Crippen LogP contribution in [0, 0.1) is 29.6 Å². The molecular weight excluding hydrogens is 320 g/mol. The molecule has 0 bridgehead atoms. The minimum Gasteiger partial charge on any atom is -0.461 e. The number of fused-ring (bicyclic) bond motifs is 3. The smallest absolute Gasteiger partial charge is 0.310 e. The molecule has 7 atom stereocenters. The molecule has 0 aromatic carbocycles. The van der Waals surface area contributed by atoms with Crippen LogP contribution in [0.5, 0.6) is 0 Å². The molecule has 0 spiro atoms. The number of esters is 1. The second-order valence-electron chi connectivity index (χ2n) is 7.25. The Bertz CT molecular complexity index is 666. The Morgan fingerprint density at radius 2 is 1.91 bits per heavy atom. The summed E-state index contributed by atoms with van der Waals surface area (Å²) in [4.78, 5) is 24.3. The highest BCUT2D eigenvalue weighted by Gasteiger charge is 2.59. The molecule has 1 N–H and O–H groups in total. The third-order valence-corrected chi connectivity index (χ3v) is 6.64. The van der Waals surface area contributed by atoms with Crippen molar-refractivity contribution in [3.8, 4) is 0 Å². The predicted octanol–water partition coefficient (Wildman–Crippen LogP) is 0.351. The molecule has 6 nitrogen and oxygen atoms in total. The summed E-state index contributed by atoms with van der Waals surface area (Å²) in [6.45, 7) is 5.82. The molecule has 3 fully saturated rings. The van der Waals surface area contributed by atoms with E-state index >= 15 is 0 Å². The summed E-state index contributed by atoms with van der Waals surface area (Å²) < 4.78 is 28.8. The van der Waals surface area contributed by atoms with Gasteiger partial charge in [0.15, 0.2) is 0 Å². The summed E-state index contributed by atoms with van der Waals surface area (Å²) >= 11 is 0. The van der Waals surface area contributed by atoms with Crippen molar-refractivity contribution in [3.63, 3.8) is 0 Å². The first kappa shape index (κ1) is 16.6. The summed E-state index contributed by atoms with van der Waals surface area (Å²) in [6.07, 6.45) is 0.211. The van der Waals surface area contributed by atoms with Crippen LogP contribution in [-0.2, 0) is 24.2 Å². The van der Waals surface area contributed by atoms with Gasteiger partial charge in [-0.1, -0.05) is 19.1 Å². The zero-order valence-electron chi connectivity index (χ0n) is 13.3. The Balaban J connectivity index is 2.00. The van der Waals surface area contributed by atoms with E-state index in [0.29, 0.717) is 6.42 Å². The topological polar surface area (TPSA) is 97.7 Å². The van der Waals surface area contributed by atoms with Gasteiger partial charge < -0.3 is 9.84 Å². The molecule has 2 saturated carbocycles. The molecule has 23 heavy (non-hydrogen) atoms. The van der Waals surface area contributed by atoms with Gasteiger partial charge in [0.05, 0.1) is 17.8 Å². The normalized spacial score (nSPS) is 43.8. The van der Waals surface area contributed by atoms with Crippen LogP contribution in [-0.4, -0.2) is 49.5 Å². The fourth-order valence-electron chi connectivity index (χ4n) is 4.60. The number of hydrogen-bond acceptors (Lipinski definition) is 6. The fourth-order valence-corrected chi connectivity index (χ4v) is 5.61. The Hall–Kier alpha value is -1.21. The van der Waals surface area contributed by atoms with Gasteiger partial charge in [-0.25, -0.2) is 8.42 Å². The van der Waals surface area contributed by atoms with Gasteiger partial charge in [-0.05, 0) is 12.3 Å². The average Bonchev–Trinajstić information content (AvgIpc) is 2.83. The van der Waals surface area contributed by atoms with Crippen molar-refractivity contribution < 1.29 is 27.9 Å².